The number of fused-ring (bicyclic) bond motifs is 1. The summed E-state index contributed by atoms with van der Waals surface area (Å²) in [7, 11) is 0. The molecule has 0 radical (unpaired) electrons. The largest absolute Gasteiger partial charge is 0.487 e. The number of hydrogen-bond acceptors (Lipinski definition) is 4. The molecule has 1 fully saturated rings. The first-order valence-corrected chi connectivity index (χ1v) is 6.60. The molecule has 0 atom stereocenters. The van der Waals surface area contributed by atoms with Gasteiger partial charge in [-0.1, -0.05) is 0 Å². The Hall–Kier alpha value is -1.00. The predicted octanol–water partition coefficient (Wildman–Crippen LogP) is 2.41. The van der Waals surface area contributed by atoms with Crippen LogP contribution in [0.5, 0.6) is 0 Å². The number of allylic oxidation sites excluding steroid dienone is 2. The van der Waals surface area contributed by atoms with Crippen molar-refractivity contribution in [2.24, 2.45) is 0 Å². The van der Waals surface area contributed by atoms with Crippen LogP contribution in [-0.2, 0) is 18.9 Å². The van der Waals surface area contributed by atoms with Gasteiger partial charge in [0.1, 0.15) is 13.2 Å². The van der Waals surface area contributed by atoms with Gasteiger partial charge < -0.3 is 18.9 Å². The van der Waals surface area contributed by atoms with Crippen LogP contribution in [0.3, 0.4) is 0 Å². The van der Waals surface area contributed by atoms with Crippen molar-refractivity contribution >= 4 is 0 Å². The Labute approximate surface area is 109 Å². The van der Waals surface area contributed by atoms with Gasteiger partial charge in [-0.2, -0.15) is 0 Å². The molecule has 0 aromatic heterocycles. The van der Waals surface area contributed by atoms with Crippen LogP contribution in [-0.4, -0.2) is 39.6 Å². The zero-order chi connectivity index (χ0) is 12.8. The average Bonchev–Trinajstić information content (AvgIpc) is 2.35. The fraction of sp³-hybridized carbons (Fsp3) is 0.714. The highest BCUT2D eigenvalue weighted by Crippen LogP contribution is 2.31. The van der Waals surface area contributed by atoms with Gasteiger partial charge in [0.2, 0.25) is 0 Å². The highest BCUT2D eigenvalue weighted by molar-refractivity contribution is 5.33. The molecule has 102 valence electrons. The molecule has 0 N–H and O–H groups in total. The first kappa shape index (κ1) is 13.4. The molecule has 18 heavy (non-hydrogen) atoms. The van der Waals surface area contributed by atoms with Crippen molar-refractivity contribution in [3.63, 3.8) is 0 Å². The summed E-state index contributed by atoms with van der Waals surface area (Å²) in [5.41, 5.74) is 2.52. The maximum atomic E-state index is 5.83. The maximum Gasteiger partial charge on any atom is 0.160 e. The van der Waals surface area contributed by atoms with Crippen molar-refractivity contribution in [2.75, 3.05) is 39.6 Å². The van der Waals surface area contributed by atoms with E-state index in [9.17, 15) is 0 Å². The molecule has 4 heteroatoms. The molecule has 0 bridgehead atoms. The van der Waals surface area contributed by atoms with E-state index in [0.29, 0.717) is 39.6 Å². The molecule has 0 unspecified atom stereocenters. The second-order valence-electron chi connectivity index (χ2n) is 4.64. The standard InChI is InChI=1S/C14H22O4/c1-11-3-4-12(2)14-13(11)17-9-7-15-5-6-16-8-10-18-14/h3-10H2,1-2H3. The van der Waals surface area contributed by atoms with E-state index >= 15 is 0 Å². The van der Waals surface area contributed by atoms with E-state index in [1.165, 1.54) is 11.1 Å². The molecule has 1 aliphatic heterocycles. The van der Waals surface area contributed by atoms with Gasteiger partial charge in [0.05, 0.1) is 26.4 Å². The van der Waals surface area contributed by atoms with Gasteiger partial charge in [-0.15, -0.1) is 0 Å². The zero-order valence-corrected chi connectivity index (χ0v) is 11.3. The first-order valence-electron chi connectivity index (χ1n) is 6.60. The minimum absolute atomic E-state index is 0.562. The summed E-state index contributed by atoms with van der Waals surface area (Å²) in [5, 5.41) is 0. The molecule has 1 saturated heterocycles. The second-order valence-corrected chi connectivity index (χ2v) is 4.64. The van der Waals surface area contributed by atoms with Crippen LogP contribution < -0.4 is 0 Å². The molecule has 1 aliphatic carbocycles. The summed E-state index contributed by atoms with van der Waals surface area (Å²) >= 11 is 0. The SMILES string of the molecule is CC1=C2OCCOCCOCCOC2=C(C)CC1. The van der Waals surface area contributed by atoms with Crippen molar-refractivity contribution in [1.82, 2.24) is 0 Å². The van der Waals surface area contributed by atoms with Gasteiger partial charge in [-0.25, -0.2) is 0 Å². The fourth-order valence-electron chi connectivity index (χ4n) is 2.09. The monoisotopic (exact) mass is 254 g/mol. The van der Waals surface area contributed by atoms with Crippen LogP contribution in [0.25, 0.3) is 0 Å². The highest BCUT2D eigenvalue weighted by atomic mass is 16.6. The smallest absolute Gasteiger partial charge is 0.160 e. The Bertz CT molecular complexity index is 310. The minimum atomic E-state index is 0.562. The van der Waals surface area contributed by atoms with Gasteiger partial charge in [-0.3, -0.25) is 0 Å². The lowest BCUT2D eigenvalue weighted by Crippen LogP contribution is -2.17. The van der Waals surface area contributed by atoms with E-state index in [1.807, 2.05) is 0 Å². The summed E-state index contributed by atoms with van der Waals surface area (Å²) in [6, 6.07) is 0. The van der Waals surface area contributed by atoms with Crippen molar-refractivity contribution in [3.8, 4) is 0 Å². The average molecular weight is 254 g/mol. The van der Waals surface area contributed by atoms with Gasteiger partial charge in [0, 0.05) is 0 Å². The molecule has 2 rings (SSSR count). The fourth-order valence-corrected chi connectivity index (χ4v) is 2.09. The summed E-state index contributed by atoms with van der Waals surface area (Å²) in [6.07, 6.45) is 2.09. The molecule has 0 amide bonds. The van der Waals surface area contributed by atoms with E-state index in [-0.39, 0.29) is 0 Å². The molecule has 0 spiro atoms. The Balaban J connectivity index is 2.08. The van der Waals surface area contributed by atoms with Crippen LogP contribution in [0.4, 0.5) is 0 Å². The third-order valence-corrected chi connectivity index (χ3v) is 3.18. The first-order chi connectivity index (χ1) is 8.79. The summed E-state index contributed by atoms with van der Waals surface area (Å²) in [4.78, 5) is 0. The quantitative estimate of drug-likeness (QED) is 0.665. The molecular weight excluding hydrogens is 232 g/mol. The highest BCUT2D eigenvalue weighted by Gasteiger charge is 2.20. The molecule has 1 heterocycles. The summed E-state index contributed by atoms with van der Waals surface area (Å²) in [5.74, 6) is 1.81. The van der Waals surface area contributed by atoms with Crippen LogP contribution in [0, 0.1) is 0 Å². The van der Waals surface area contributed by atoms with Crippen molar-refractivity contribution in [3.05, 3.63) is 22.7 Å². The van der Waals surface area contributed by atoms with Crippen LogP contribution in [0.2, 0.25) is 0 Å². The number of hydrogen-bond donors (Lipinski definition) is 0. The normalized spacial score (nSPS) is 23.4. The Morgan fingerprint density at radius 3 is 1.44 bits per heavy atom. The minimum Gasteiger partial charge on any atom is -0.487 e. The lowest BCUT2D eigenvalue weighted by Gasteiger charge is -2.24. The second kappa shape index (κ2) is 6.81. The molecule has 2 aliphatic rings. The van der Waals surface area contributed by atoms with Gasteiger partial charge in [0.15, 0.2) is 11.5 Å². The van der Waals surface area contributed by atoms with Crippen molar-refractivity contribution in [1.29, 1.82) is 0 Å². The third kappa shape index (κ3) is 3.50. The summed E-state index contributed by atoms with van der Waals surface area (Å²) in [6.45, 7) is 7.74. The molecular formula is C14H22O4. The third-order valence-electron chi connectivity index (χ3n) is 3.18. The van der Waals surface area contributed by atoms with Gasteiger partial charge in [0.25, 0.3) is 0 Å². The molecule has 0 saturated carbocycles. The Morgan fingerprint density at radius 1 is 0.611 bits per heavy atom. The lowest BCUT2D eigenvalue weighted by molar-refractivity contribution is -0.000515. The van der Waals surface area contributed by atoms with Crippen LogP contribution in [0.1, 0.15) is 26.7 Å². The van der Waals surface area contributed by atoms with Crippen LogP contribution >= 0.6 is 0 Å². The summed E-state index contributed by atoms with van der Waals surface area (Å²) < 4.78 is 22.5. The van der Waals surface area contributed by atoms with E-state index in [1.54, 1.807) is 0 Å². The number of rotatable bonds is 0. The van der Waals surface area contributed by atoms with Crippen molar-refractivity contribution < 1.29 is 18.9 Å². The van der Waals surface area contributed by atoms with Crippen molar-refractivity contribution in [2.45, 2.75) is 26.7 Å². The van der Waals surface area contributed by atoms with E-state index in [4.69, 9.17) is 18.9 Å². The van der Waals surface area contributed by atoms with Gasteiger partial charge >= 0.3 is 0 Å². The number of ether oxygens (including phenoxy) is 4. The van der Waals surface area contributed by atoms with E-state index in [0.717, 1.165) is 24.4 Å². The van der Waals surface area contributed by atoms with E-state index < -0.39 is 0 Å². The molecule has 4 nitrogen and oxygen atoms in total. The maximum absolute atomic E-state index is 5.83. The van der Waals surface area contributed by atoms with Gasteiger partial charge in [-0.05, 0) is 37.8 Å². The topological polar surface area (TPSA) is 36.9 Å². The molecule has 0 aromatic rings. The predicted molar refractivity (Wildman–Crippen MR) is 68.2 cm³/mol. The lowest BCUT2D eigenvalue weighted by atomic mass is 9.97. The van der Waals surface area contributed by atoms with Crippen LogP contribution in [0.15, 0.2) is 22.7 Å². The zero-order valence-electron chi connectivity index (χ0n) is 11.3. The Morgan fingerprint density at radius 2 is 1.00 bits per heavy atom. The Kier molecular flexibility index (Phi) is 5.08. The molecule has 0 aromatic carbocycles. The van der Waals surface area contributed by atoms with E-state index in [2.05, 4.69) is 13.8 Å².